The highest BCUT2D eigenvalue weighted by molar-refractivity contribution is 5.86. The fourth-order valence-electron chi connectivity index (χ4n) is 2.00. The summed E-state index contributed by atoms with van der Waals surface area (Å²) in [7, 11) is 0. The summed E-state index contributed by atoms with van der Waals surface area (Å²) in [6.45, 7) is 4.50. The fourth-order valence-corrected chi connectivity index (χ4v) is 2.00. The minimum absolute atomic E-state index is 0.0704. The van der Waals surface area contributed by atoms with Crippen molar-refractivity contribution in [2.75, 3.05) is 26.4 Å². The molecule has 18 heavy (non-hydrogen) atoms. The number of nitrogens with zero attached hydrogens (tertiary/aromatic N) is 1. The monoisotopic (exact) mass is 249 g/mol. The quantitative estimate of drug-likeness (QED) is 0.764. The van der Waals surface area contributed by atoms with Crippen molar-refractivity contribution >= 4 is 10.9 Å². The largest absolute Gasteiger partial charge is 0.493 e. The van der Waals surface area contributed by atoms with Crippen LogP contribution >= 0.6 is 0 Å². The Kier molecular flexibility index (Phi) is 4.61. The van der Waals surface area contributed by atoms with Crippen molar-refractivity contribution in [3.63, 3.8) is 0 Å². The number of ether oxygens (including phenoxy) is 2. The Morgan fingerprint density at radius 1 is 1.22 bits per heavy atom. The molecule has 4 nitrogen and oxygen atoms in total. The van der Waals surface area contributed by atoms with Gasteiger partial charge in [-0.3, -0.25) is 0 Å². The van der Waals surface area contributed by atoms with Crippen LogP contribution in [-0.2, 0) is 11.3 Å². The van der Waals surface area contributed by atoms with E-state index in [-0.39, 0.29) is 6.61 Å². The van der Waals surface area contributed by atoms with Gasteiger partial charge in [-0.1, -0.05) is 6.07 Å². The molecule has 0 amide bonds. The summed E-state index contributed by atoms with van der Waals surface area (Å²) in [6, 6.07) is 8.12. The first-order chi connectivity index (χ1) is 8.86. The van der Waals surface area contributed by atoms with E-state index in [9.17, 15) is 0 Å². The summed E-state index contributed by atoms with van der Waals surface area (Å²) in [5.74, 6) is 0.921. The van der Waals surface area contributed by atoms with Gasteiger partial charge in [0.2, 0.25) is 0 Å². The van der Waals surface area contributed by atoms with Crippen molar-refractivity contribution in [2.24, 2.45) is 0 Å². The third kappa shape index (κ3) is 2.83. The molecule has 0 aliphatic heterocycles. The molecule has 0 saturated carbocycles. The van der Waals surface area contributed by atoms with E-state index in [0.717, 1.165) is 23.2 Å². The Balaban J connectivity index is 2.12. The van der Waals surface area contributed by atoms with Crippen molar-refractivity contribution in [1.29, 1.82) is 0 Å². The van der Waals surface area contributed by atoms with Crippen molar-refractivity contribution in [3.8, 4) is 5.75 Å². The molecule has 0 saturated heterocycles. The molecule has 0 unspecified atom stereocenters. The molecular weight excluding hydrogens is 230 g/mol. The number of aromatic nitrogens is 1. The Labute approximate surface area is 107 Å². The summed E-state index contributed by atoms with van der Waals surface area (Å²) in [6.07, 6.45) is 2.04. The van der Waals surface area contributed by atoms with Gasteiger partial charge in [-0.05, 0) is 25.1 Å². The Morgan fingerprint density at radius 3 is 2.89 bits per heavy atom. The van der Waals surface area contributed by atoms with E-state index in [1.54, 1.807) is 0 Å². The number of aliphatic hydroxyl groups excluding tert-OH is 1. The van der Waals surface area contributed by atoms with Crippen LogP contribution in [0.1, 0.15) is 6.92 Å². The number of hydrogen-bond donors (Lipinski definition) is 1. The van der Waals surface area contributed by atoms with E-state index in [1.165, 1.54) is 0 Å². The molecule has 0 radical (unpaired) electrons. The van der Waals surface area contributed by atoms with Gasteiger partial charge in [-0.25, -0.2) is 0 Å². The Bertz CT molecular complexity index is 493. The van der Waals surface area contributed by atoms with E-state index in [1.807, 2.05) is 25.3 Å². The van der Waals surface area contributed by atoms with Crippen LogP contribution in [0.3, 0.4) is 0 Å². The highest BCUT2D eigenvalue weighted by Crippen LogP contribution is 2.26. The van der Waals surface area contributed by atoms with E-state index >= 15 is 0 Å². The Hall–Kier alpha value is -1.52. The lowest BCUT2D eigenvalue weighted by molar-refractivity contribution is 0.0875. The highest BCUT2D eigenvalue weighted by Gasteiger charge is 2.05. The molecule has 4 heteroatoms. The normalized spacial score (nSPS) is 11.0. The first kappa shape index (κ1) is 12.9. The predicted octanol–water partition coefficient (Wildman–Crippen LogP) is 2.05. The van der Waals surface area contributed by atoms with Gasteiger partial charge in [0.1, 0.15) is 5.75 Å². The Morgan fingerprint density at radius 2 is 2.11 bits per heavy atom. The molecular formula is C14H19NO3. The van der Waals surface area contributed by atoms with Gasteiger partial charge in [-0.2, -0.15) is 0 Å². The second-order valence-corrected chi connectivity index (χ2v) is 3.97. The summed E-state index contributed by atoms with van der Waals surface area (Å²) < 4.78 is 13.0. The number of fused-ring (bicyclic) bond motifs is 1. The third-order valence-electron chi connectivity index (χ3n) is 2.79. The summed E-state index contributed by atoms with van der Waals surface area (Å²) in [4.78, 5) is 0. The molecule has 0 aliphatic carbocycles. The molecule has 98 valence electrons. The predicted molar refractivity (Wildman–Crippen MR) is 71.0 cm³/mol. The number of aliphatic hydroxyl groups is 1. The molecule has 1 N–H and O–H groups in total. The molecule has 0 atom stereocenters. The summed E-state index contributed by atoms with van der Waals surface area (Å²) in [5.41, 5.74) is 1.15. The third-order valence-corrected chi connectivity index (χ3v) is 2.79. The molecule has 0 bridgehead atoms. The van der Waals surface area contributed by atoms with Gasteiger partial charge in [0.05, 0.1) is 31.9 Å². The molecule has 2 rings (SSSR count). The lowest BCUT2D eigenvalue weighted by Gasteiger charge is -2.08. The standard InChI is InChI=1S/C14H19NO3/c1-2-18-14-5-3-4-13-12(14)6-7-15(13)8-10-17-11-9-16/h3-7,16H,2,8-11H2,1H3. The smallest absolute Gasteiger partial charge is 0.128 e. The van der Waals surface area contributed by atoms with Gasteiger partial charge < -0.3 is 19.1 Å². The van der Waals surface area contributed by atoms with Crippen LogP contribution in [-0.4, -0.2) is 36.1 Å². The topological polar surface area (TPSA) is 43.6 Å². The number of hydrogen-bond acceptors (Lipinski definition) is 3. The van der Waals surface area contributed by atoms with Crippen molar-refractivity contribution in [3.05, 3.63) is 30.5 Å². The minimum atomic E-state index is 0.0704. The van der Waals surface area contributed by atoms with Gasteiger partial charge in [0, 0.05) is 18.1 Å². The molecule has 0 fully saturated rings. The van der Waals surface area contributed by atoms with Crippen molar-refractivity contribution < 1.29 is 14.6 Å². The average molecular weight is 249 g/mol. The molecule has 0 spiro atoms. The van der Waals surface area contributed by atoms with E-state index in [2.05, 4.69) is 16.7 Å². The fraction of sp³-hybridized carbons (Fsp3) is 0.429. The van der Waals surface area contributed by atoms with Crippen LogP contribution in [0.5, 0.6) is 5.75 Å². The average Bonchev–Trinajstić information content (AvgIpc) is 2.80. The van der Waals surface area contributed by atoms with E-state index in [4.69, 9.17) is 14.6 Å². The van der Waals surface area contributed by atoms with Crippen LogP contribution in [0.25, 0.3) is 10.9 Å². The highest BCUT2D eigenvalue weighted by atomic mass is 16.5. The lowest BCUT2D eigenvalue weighted by atomic mass is 10.2. The van der Waals surface area contributed by atoms with Gasteiger partial charge >= 0.3 is 0 Å². The maximum atomic E-state index is 8.64. The zero-order valence-electron chi connectivity index (χ0n) is 10.6. The zero-order chi connectivity index (χ0) is 12.8. The zero-order valence-corrected chi connectivity index (χ0v) is 10.6. The van der Waals surface area contributed by atoms with Crippen LogP contribution in [0.4, 0.5) is 0 Å². The summed E-state index contributed by atoms with van der Waals surface area (Å²) >= 11 is 0. The second-order valence-electron chi connectivity index (χ2n) is 3.97. The lowest BCUT2D eigenvalue weighted by Crippen LogP contribution is -2.07. The van der Waals surface area contributed by atoms with Crippen LogP contribution in [0.15, 0.2) is 30.5 Å². The SMILES string of the molecule is CCOc1cccc2c1ccn2CCOCCO. The van der Waals surface area contributed by atoms with Gasteiger partial charge in [-0.15, -0.1) is 0 Å². The maximum absolute atomic E-state index is 8.64. The molecule has 1 aromatic carbocycles. The molecule has 1 aromatic heterocycles. The van der Waals surface area contributed by atoms with Crippen LogP contribution in [0.2, 0.25) is 0 Å². The van der Waals surface area contributed by atoms with Gasteiger partial charge in [0.15, 0.2) is 0 Å². The molecule has 0 aliphatic rings. The summed E-state index contributed by atoms with van der Waals surface area (Å²) in [5, 5.41) is 9.77. The van der Waals surface area contributed by atoms with Crippen LogP contribution in [0, 0.1) is 0 Å². The van der Waals surface area contributed by atoms with Gasteiger partial charge in [0.25, 0.3) is 0 Å². The molecule has 2 aromatic rings. The van der Waals surface area contributed by atoms with Crippen LogP contribution < -0.4 is 4.74 Å². The number of benzene rings is 1. The van der Waals surface area contributed by atoms with E-state index < -0.39 is 0 Å². The second kappa shape index (κ2) is 6.42. The van der Waals surface area contributed by atoms with E-state index in [0.29, 0.717) is 19.8 Å². The van der Waals surface area contributed by atoms with Crippen molar-refractivity contribution in [1.82, 2.24) is 4.57 Å². The minimum Gasteiger partial charge on any atom is -0.493 e. The first-order valence-corrected chi connectivity index (χ1v) is 6.26. The first-order valence-electron chi connectivity index (χ1n) is 6.26. The maximum Gasteiger partial charge on any atom is 0.128 e. The van der Waals surface area contributed by atoms with Crippen molar-refractivity contribution in [2.45, 2.75) is 13.5 Å². The molecule has 1 heterocycles. The number of rotatable bonds is 7.